The monoisotopic (exact) mass is 483 g/mol. The molecule has 2 N–H and O–H groups in total. The van der Waals surface area contributed by atoms with Crippen molar-refractivity contribution in [1.82, 2.24) is 14.3 Å². The van der Waals surface area contributed by atoms with Crippen LogP contribution in [0.2, 0.25) is 0 Å². The number of likely N-dealkylation sites (N-methyl/N-ethyl adjacent to an activating group) is 1. The number of sulfonamides is 1. The molecule has 0 aliphatic heterocycles. The molecule has 0 saturated carbocycles. The number of amides is 1. The Bertz CT molecular complexity index is 1220. The Kier molecular flexibility index (Phi) is 8.05. The molecule has 0 bridgehead atoms. The summed E-state index contributed by atoms with van der Waals surface area (Å²) >= 11 is 0. The van der Waals surface area contributed by atoms with E-state index in [4.69, 9.17) is 5.84 Å². The van der Waals surface area contributed by atoms with Gasteiger partial charge >= 0.3 is 0 Å². The van der Waals surface area contributed by atoms with Gasteiger partial charge in [-0.15, -0.1) is 4.41 Å². The first-order valence-corrected chi connectivity index (χ1v) is 11.9. The van der Waals surface area contributed by atoms with Crippen molar-refractivity contribution in [2.75, 3.05) is 13.6 Å². The Hall–Kier alpha value is -3.67. The van der Waals surface area contributed by atoms with Crippen LogP contribution in [0.25, 0.3) is 0 Å². The van der Waals surface area contributed by atoms with E-state index in [1.54, 1.807) is 43.6 Å². The molecule has 34 heavy (non-hydrogen) atoms. The highest BCUT2D eigenvalue weighted by atomic mass is 32.2. The minimum absolute atomic E-state index is 0.0519. The highest BCUT2D eigenvalue weighted by Gasteiger charge is 2.35. The Labute approximate surface area is 197 Å². The molecule has 1 aromatic heterocycles. The molecule has 0 spiro atoms. The van der Waals surface area contributed by atoms with Gasteiger partial charge in [0.05, 0.1) is 9.82 Å². The van der Waals surface area contributed by atoms with Crippen molar-refractivity contribution in [3.8, 4) is 0 Å². The predicted octanol–water partition coefficient (Wildman–Crippen LogP) is 2.17. The largest absolute Gasteiger partial charge is 0.344 e. The van der Waals surface area contributed by atoms with Gasteiger partial charge in [0.2, 0.25) is 5.91 Å². The smallest absolute Gasteiger partial charge is 0.269 e. The number of hydrazine groups is 1. The molecule has 3 aromatic rings. The minimum atomic E-state index is -4.32. The molecule has 1 heterocycles. The normalized spacial score (nSPS) is 12.3. The van der Waals surface area contributed by atoms with Crippen molar-refractivity contribution in [1.29, 1.82) is 0 Å². The zero-order valence-electron chi connectivity index (χ0n) is 18.5. The van der Waals surface area contributed by atoms with Crippen LogP contribution >= 0.6 is 0 Å². The molecule has 3 rings (SSSR count). The Morgan fingerprint density at radius 2 is 1.71 bits per heavy atom. The van der Waals surface area contributed by atoms with Crippen LogP contribution in [-0.2, 0) is 27.7 Å². The van der Waals surface area contributed by atoms with Crippen LogP contribution in [0.3, 0.4) is 0 Å². The van der Waals surface area contributed by atoms with Crippen LogP contribution in [0.4, 0.5) is 5.69 Å². The first-order valence-electron chi connectivity index (χ1n) is 10.4. The number of carbonyl (C=O) groups excluding carboxylic acids is 1. The van der Waals surface area contributed by atoms with Gasteiger partial charge in [0.1, 0.15) is 6.04 Å². The molecular formula is C23H25N5O5S. The summed E-state index contributed by atoms with van der Waals surface area (Å²) in [5.74, 6) is 5.59. The maximum atomic E-state index is 13.4. The van der Waals surface area contributed by atoms with Gasteiger partial charge in [-0.2, -0.15) is 0 Å². The highest BCUT2D eigenvalue weighted by molar-refractivity contribution is 7.89. The number of nitrogens with two attached hydrogens (primary N) is 1. The van der Waals surface area contributed by atoms with E-state index in [1.165, 1.54) is 4.90 Å². The Morgan fingerprint density at radius 3 is 2.29 bits per heavy atom. The van der Waals surface area contributed by atoms with E-state index in [1.807, 2.05) is 18.2 Å². The first kappa shape index (κ1) is 25.0. The van der Waals surface area contributed by atoms with E-state index in [0.29, 0.717) is 17.4 Å². The van der Waals surface area contributed by atoms with Gasteiger partial charge in [-0.25, -0.2) is 8.42 Å². The summed E-state index contributed by atoms with van der Waals surface area (Å²) in [5.41, 5.74) is 1.27. The van der Waals surface area contributed by atoms with Gasteiger partial charge in [0, 0.05) is 44.0 Å². The van der Waals surface area contributed by atoms with Crippen LogP contribution < -0.4 is 5.84 Å². The maximum Gasteiger partial charge on any atom is 0.269 e. The van der Waals surface area contributed by atoms with Crippen LogP contribution in [-0.4, -0.2) is 53.2 Å². The number of rotatable bonds is 10. The quantitative estimate of drug-likeness (QED) is 0.265. The number of pyridine rings is 1. The molecular weight excluding hydrogens is 458 g/mol. The number of nitro groups is 1. The fraction of sp³-hybridized carbons (Fsp3) is 0.217. The third-order valence-corrected chi connectivity index (χ3v) is 6.97. The lowest BCUT2D eigenvalue weighted by Crippen LogP contribution is -2.54. The summed E-state index contributed by atoms with van der Waals surface area (Å²) < 4.78 is 26.9. The van der Waals surface area contributed by atoms with E-state index in [2.05, 4.69) is 4.98 Å². The summed E-state index contributed by atoms with van der Waals surface area (Å²) in [6, 6.07) is 17.6. The van der Waals surface area contributed by atoms with Crippen molar-refractivity contribution >= 4 is 21.6 Å². The van der Waals surface area contributed by atoms with E-state index in [0.717, 1.165) is 35.5 Å². The lowest BCUT2D eigenvalue weighted by molar-refractivity contribution is -0.384. The van der Waals surface area contributed by atoms with Crippen molar-refractivity contribution in [3.63, 3.8) is 0 Å². The van der Waals surface area contributed by atoms with Crippen molar-refractivity contribution in [2.45, 2.75) is 23.8 Å². The summed E-state index contributed by atoms with van der Waals surface area (Å²) in [7, 11) is -2.74. The number of benzene rings is 2. The fourth-order valence-corrected chi connectivity index (χ4v) is 4.57. The number of nitrogens with zero attached hydrogens (tertiary/aromatic N) is 4. The molecule has 0 aliphatic carbocycles. The van der Waals surface area contributed by atoms with E-state index >= 15 is 0 Å². The summed E-state index contributed by atoms with van der Waals surface area (Å²) in [5, 5.41) is 10.9. The third-order valence-electron chi connectivity index (χ3n) is 5.29. The van der Waals surface area contributed by atoms with E-state index < -0.39 is 26.9 Å². The number of nitro benzene ring substituents is 1. The molecule has 1 atom stereocenters. The topological polar surface area (TPSA) is 140 Å². The number of carbonyl (C=O) groups is 1. The molecule has 0 radical (unpaired) electrons. The lowest BCUT2D eigenvalue weighted by atomic mass is 10.1. The van der Waals surface area contributed by atoms with Gasteiger partial charge in [-0.05, 0) is 36.2 Å². The van der Waals surface area contributed by atoms with Crippen LogP contribution in [0, 0.1) is 10.1 Å². The van der Waals surface area contributed by atoms with E-state index in [-0.39, 0.29) is 17.0 Å². The van der Waals surface area contributed by atoms with Crippen LogP contribution in [0.15, 0.2) is 83.9 Å². The average molecular weight is 484 g/mol. The molecule has 11 heteroatoms. The molecule has 1 amide bonds. The molecule has 2 aromatic carbocycles. The van der Waals surface area contributed by atoms with Crippen molar-refractivity contribution < 1.29 is 18.1 Å². The second-order valence-electron chi connectivity index (χ2n) is 7.62. The molecule has 0 saturated heterocycles. The number of non-ortho nitro benzene ring substituents is 1. The molecule has 178 valence electrons. The van der Waals surface area contributed by atoms with Gasteiger partial charge < -0.3 is 4.90 Å². The van der Waals surface area contributed by atoms with Crippen LogP contribution in [0.1, 0.15) is 11.3 Å². The SMILES string of the molecule is CN(CCc1ccccn1)C(=O)C(Cc1ccccc1)N(N)S(=O)(=O)c1ccc([N+](=O)[O-])cc1. The van der Waals surface area contributed by atoms with Crippen molar-refractivity contribution in [3.05, 3.63) is 100 Å². The lowest BCUT2D eigenvalue weighted by Gasteiger charge is -2.30. The van der Waals surface area contributed by atoms with Crippen molar-refractivity contribution in [2.24, 2.45) is 5.84 Å². The summed E-state index contributed by atoms with van der Waals surface area (Å²) in [4.78, 5) is 29.0. The summed E-state index contributed by atoms with van der Waals surface area (Å²) in [6.07, 6.45) is 2.20. The first-order chi connectivity index (χ1) is 16.2. The Balaban J connectivity index is 1.86. The zero-order valence-corrected chi connectivity index (χ0v) is 19.3. The average Bonchev–Trinajstić information content (AvgIpc) is 2.86. The molecule has 1 unspecified atom stereocenters. The predicted molar refractivity (Wildman–Crippen MR) is 126 cm³/mol. The summed E-state index contributed by atoms with van der Waals surface area (Å²) in [6.45, 7) is 0.312. The van der Waals surface area contributed by atoms with Gasteiger partial charge in [-0.3, -0.25) is 25.7 Å². The number of aromatic nitrogens is 1. The number of hydrogen-bond donors (Lipinski definition) is 1. The van der Waals surface area contributed by atoms with Gasteiger partial charge in [-0.1, -0.05) is 36.4 Å². The zero-order chi connectivity index (χ0) is 24.7. The highest BCUT2D eigenvalue weighted by Crippen LogP contribution is 2.21. The molecule has 0 fully saturated rings. The Morgan fingerprint density at radius 1 is 1.06 bits per heavy atom. The van der Waals surface area contributed by atoms with Gasteiger partial charge in [0.25, 0.3) is 15.7 Å². The van der Waals surface area contributed by atoms with Gasteiger partial charge in [0.15, 0.2) is 0 Å². The molecule has 0 aliphatic rings. The second-order valence-corrected chi connectivity index (χ2v) is 9.47. The number of hydrogen-bond acceptors (Lipinski definition) is 7. The third kappa shape index (κ3) is 6.01. The van der Waals surface area contributed by atoms with E-state index in [9.17, 15) is 23.3 Å². The molecule has 10 nitrogen and oxygen atoms in total. The fourth-order valence-electron chi connectivity index (χ4n) is 3.35. The minimum Gasteiger partial charge on any atom is -0.344 e. The second kappa shape index (κ2) is 11.0. The maximum absolute atomic E-state index is 13.4. The standard InChI is InChI=1S/C23H25N5O5S/c1-26(16-14-19-9-5-6-15-25-19)23(29)22(17-18-7-3-2-4-8-18)27(24)34(32,33)21-12-10-20(11-13-21)28(30)31/h2-13,15,22H,14,16-17,24H2,1H3. The van der Waals surface area contributed by atoms with Crippen LogP contribution in [0.5, 0.6) is 0 Å².